The normalized spacial score (nSPS) is 19.1. The monoisotopic (exact) mass is 302 g/mol. The van der Waals surface area contributed by atoms with Crippen molar-refractivity contribution in [2.24, 2.45) is 11.8 Å². The minimum Gasteiger partial charge on any atom is -0.497 e. The number of carbonyl (C=O) groups is 2. The summed E-state index contributed by atoms with van der Waals surface area (Å²) in [7, 11) is 1.63. The topological polar surface area (TPSA) is 67.4 Å². The number of rotatable bonds is 8. The Kier molecular flexibility index (Phi) is 5.58. The second-order valence-corrected chi connectivity index (χ2v) is 5.37. The highest BCUT2D eigenvalue weighted by Gasteiger charge is 2.47. The number of ether oxygens (including phenoxy) is 1. The number of nitrogens with one attached hydrogen (secondary N) is 2. The minimum absolute atomic E-state index is 0.0349. The summed E-state index contributed by atoms with van der Waals surface area (Å²) in [5.41, 5.74) is 1.14. The zero-order valence-corrected chi connectivity index (χ0v) is 12.8. The van der Waals surface area contributed by atoms with Gasteiger partial charge in [-0.3, -0.25) is 9.59 Å². The lowest BCUT2D eigenvalue weighted by Gasteiger charge is -2.06. The maximum atomic E-state index is 12.0. The fourth-order valence-corrected chi connectivity index (χ4v) is 2.33. The maximum absolute atomic E-state index is 12.0. The van der Waals surface area contributed by atoms with Crippen molar-refractivity contribution >= 4 is 11.8 Å². The smallest absolute Gasteiger partial charge is 0.224 e. The van der Waals surface area contributed by atoms with Gasteiger partial charge in [0.2, 0.25) is 11.8 Å². The SMILES string of the molecule is C=CCNC(=O)C1CC1C(=O)NCCc1ccc(OC)cc1. The van der Waals surface area contributed by atoms with Gasteiger partial charge in [0.1, 0.15) is 5.75 Å². The van der Waals surface area contributed by atoms with Gasteiger partial charge in [0.05, 0.1) is 18.9 Å². The molecule has 1 aromatic carbocycles. The molecule has 1 fully saturated rings. The summed E-state index contributed by atoms with van der Waals surface area (Å²) >= 11 is 0. The van der Waals surface area contributed by atoms with Crippen LogP contribution in [0.2, 0.25) is 0 Å². The van der Waals surface area contributed by atoms with Gasteiger partial charge in [-0.2, -0.15) is 0 Å². The molecule has 5 nitrogen and oxygen atoms in total. The lowest BCUT2D eigenvalue weighted by atomic mass is 10.1. The third-order valence-electron chi connectivity index (χ3n) is 3.76. The Bertz CT molecular complexity index is 539. The Morgan fingerprint density at radius 2 is 1.86 bits per heavy atom. The summed E-state index contributed by atoms with van der Waals surface area (Å²) in [6.45, 7) is 4.56. The van der Waals surface area contributed by atoms with Crippen LogP contribution in [0.25, 0.3) is 0 Å². The first-order chi connectivity index (χ1) is 10.7. The van der Waals surface area contributed by atoms with Gasteiger partial charge in [0.25, 0.3) is 0 Å². The van der Waals surface area contributed by atoms with E-state index in [4.69, 9.17) is 4.74 Å². The molecule has 2 N–H and O–H groups in total. The number of methoxy groups -OCH3 is 1. The molecule has 0 aliphatic heterocycles. The minimum atomic E-state index is -0.180. The van der Waals surface area contributed by atoms with E-state index in [1.165, 1.54) is 0 Å². The van der Waals surface area contributed by atoms with Gasteiger partial charge in [-0.1, -0.05) is 18.2 Å². The summed E-state index contributed by atoms with van der Waals surface area (Å²) in [4.78, 5) is 23.6. The van der Waals surface area contributed by atoms with Crippen molar-refractivity contribution in [3.63, 3.8) is 0 Å². The molecule has 2 amide bonds. The molecule has 1 aromatic rings. The van der Waals surface area contributed by atoms with Gasteiger partial charge in [-0.25, -0.2) is 0 Å². The van der Waals surface area contributed by atoms with Crippen LogP contribution in [0.1, 0.15) is 12.0 Å². The van der Waals surface area contributed by atoms with E-state index in [0.717, 1.165) is 17.7 Å². The first-order valence-electron chi connectivity index (χ1n) is 7.45. The fraction of sp³-hybridized carbons (Fsp3) is 0.412. The molecule has 0 bridgehead atoms. The molecule has 1 saturated carbocycles. The van der Waals surface area contributed by atoms with Gasteiger partial charge in [-0.15, -0.1) is 6.58 Å². The molecule has 1 aliphatic rings. The van der Waals surface area contributed by atoms with Crippen molar-refractivity contribution in [2.45, 2.75) is 12.8 Å². The maximum Gasteiger partial charge on any atom is 0.224 e. The first kappa shape index (κ1) is 16.1. The summed E-state index contributed by atoms with van der Waals surface area (Å²) in [5, 5.41) is 5.62. The number of hydrogen-bond acceptors (Lipinski definition) is 3. The molecule has 2 atom stereocenters. The molecular formula is C17H22N2O3. The predicted molar refractivity (Wildman–Crippen MR) is 84.5 cm³/mol. The van der Waals surface area contributed by atoms with E-state index in [1.54, 1.807) is 13.2 Å². The average Bonchev–Trinajstić information content (AvgIpc) is 3.34. The number of benzene rings is 1. The largest absolute Gasteiger partial charge is 0.497 e. The van der Waals surface area contributed by atoms with Gasteiger partial charge in [0, 0.05) is 13.1 Å². The molecule has 118 valence electrons. The van der Waals surface area contributed by atoms with E-state index < -0.39 is 0 Å². The van der Waals surface area contributed by atoms with E-state index in [2.05, 4.69) is 17.2 Å². The van der Waals surface area contributed by atoms with Gasteiger partial charge in [-0.05, 0) is 30.5 Å². The molecule has 1 aliphatic carbocycles. The Morgan fingerprint density at radius 3 is 2.45 bits per heavy atom. The van der Waals surface area contributed by atoms with E-state index in [0.29, 0.717) is 19.5 Å². The summed E-state index contributed by atoms with van der Waals surface area (Å²) in [6.07, 6.45) is 3.03. The van der Waals surface area contributed by atoms with Crippen LogP contribution < -0.4 is 15.4 Å². The molecule has 2 rings (SSSR count). The van der Waals surface area contributed by atoms with Crippen molar-refractivity contribution in [2.75, 3.05) is 20.2 Å². The van der Waals surface area contributed by atoms with Crippen LogP contribution in [-0.4, -0.2) is 32.0 Å². The van der Waals surface area contributed by atoms with E-state index in [1.807, 2.05) is 24.3 Å². The average molecular weight is 302 g/mol. The Hall–Kier alpha value is -2.30. The summed E-state index contributed by atoms with van der Waals surface area (Å²) in [6, 6.07) is 7.76. The Morgan fingerprint density at radius 1 is 1.23 bits per heavy atom. The lowest BCUT2D eigenvalue weighted by Crippen LogP contribution is -2.31. The molecule has 22 heavy (non-hydrogen) atoms. The third kappa shape index (κ3) is 4.35. The second kappa shape index (κ2) is 7.64. The van der Waals surface area contributed by atoms with Crippen LogP contribution in [0.15, 0.2) is 36.9 Å². The van der Waals surface area contributed by atoms with Crippen molar-refractivity contribution in [3.8, 4) is 5.75 Å². The predicted octanol–water partition coefficient (Wildman–Crippen LogP) is 1.29. The fourth-order valence-electron chi connectivity index (χ4n) is 2.33. The van der Waals surface area contributed by atoms with E-state index in [-0.39, 0.29) is 23.7 Å². The van der Waals surface area contributed by atoms with Crippen molar-refractivity contribution < 1.29 is 14.3 Å². The van der Waals surface area contributed by atoms with Crippen molar-refractivity contribution in [1.82, 2.24) is 10.6 Å². The zero-order valence-electron chi connectivity index (χ0n) is 12.8. The first-order valence-corrected chi connectivity index (χ1v) is 7.45. The van der Waals surface area contributed by atoms with E-state index >= 15 is 0 Å². The van der Waals surface area contributed by atoms with Crippen LogP contribution >= 0.6 is 0 Å². The summed E-state index contributed by atoms with van der Waals surface area (Å²) in [5.74, 6) is 0.364. The van der Waals surface area contributed by atoms with Crippen LogP contribution in [0.3, 0.4) is 0 Å². The highest BCUT2D eigenvalue weighted by Crippen LogP contribution is 2.38. The van der Waals surface area contributed by atoms with Gasteiger partial charge < -0.3 is 15.4 Å². The third-order valence-corrected chi connectivity index (χ3v) is 3.76. The molecular weight excluding hydrogens is 280 g/mol. The van der Waals surface area contributed by atoms with Gasteiger partial charge in [0.15, 0.2) is 0 Å². The molecule has 5 heteroatoms. The number of amides is 2. The second-order valence-electron chi connectivity index (χ2n) is 5.37. The highest BCUT2D eigenvalue weighted by molar-refractivity contribution is 5.92. The molecule has 0 spiro atoms. The quantitative estimate of drug-likeness (QED) is 0.711. The van der Waals surface area contributed by atoms with Crippen molar-refractivity contribution in [3.05, 3.63) is 42.5 Å². The molecule has 0 heterocycles. The molecule has 0 aromatic heterocycles. The lowest BCUT2D eigenvalue weighted by molar-refractivity contribution is -0.127. The van der Waals surface area contributed by atoms with Crippen LogP contribution in [0, 0.1) is 11.8 Å². The molecule has 0 radical (unpaired) electrons. The Labute approximate surface area is 130 Å². The highest BCUT2D eigenvalue weighted by atomic mass is 16.5. The number of hydrogen-bond donors (Lipinski definition) is 2. The summed E-state index contributed by atoms with van der Waals surface area (Å²) < 4.78 is 5.10. The molecule has 0 saturated heterocycles. The zero-order chi connectivity index (χ0) is 15.9. The Balaban J connectivity index is 1.68. The van der Waals surface area contributed by atoms with Gasteiger partial charge >= 0.3 is 0 Å². The van der Waals surface area contributed by atoms with Crippen LogP contribution in [0.4, 0.5) is 0 Å². The van der Waals surface area contributed by atoms with E-state index in [9.17, 15) is 9.59 Å². The van der Waals surface area contributed by atoms with Crippen LogP contribution in [0.5, 0.6) is 5.75 Å². The standard InChI is InChI=1S/C17H22N2O3/c1-3-9-18-16(20)14-11-15(14)17(21)19-10-8-12-4-6-13(22-2)7-5-12/h3-7,14-15H,1,8-11H2,2H3,(H,18,20)(H,19,21). The number of carbonyl (C=O) groups excluding carboxylic acids is 2. The van der Waals surface area contributed by atoms with Crippen LogP contribution in [-0.2, 0) is 16.0 Å². The van der Waals surface area contributed by atoms with Crippen molar-refractivity contribution in [1.29, 1.82) is 0 Å². The molecule has 2 unspecified atom stereocenters.